The highest BCUT2D eigenvalue weighted by Crippen LogP contribution is 2.35. The summed E-state index contributed by atoms with van der Waals surface area (Å²) in [5.41, 5.74) is 7.06. The van der Waals surface area contributed by atoms with E-state index in [4.69, 9.17) is 19.9 Å². The van der Waals surface area contributed by atoms with Gasteiger partial charge in [0.2, 0.25) is 12.7 Å². The zero-order valence-electron chi connectivity index (χ0n) is 10.3. The lowest BCUT2D eigenvalue weighted by atomic mass is 10.2. The number of hydrogen-bond donors (Lipinski definition) is 2. The van der Waals surface area contributed by atoms with E-state index in [1.54, 1.807) is 12.1 Å². The zero-order chi connectivity index (χ0) is 13.2. The highest BCUT2D eigenvalue weighted by molar-refractivity contribution is 5.64. The summed E-state index contributed by atoms with van der Waals surface area (Å²) >= 11 is 0. The Morgan fingerprint density at radius 2 is 2.05 bits per heavy atom. The van der Waals surface area contributed by atoms with E-state index in [0.717, 1.165) is 11.4 Å². The summed E-state index contributed by atoms with van der Waals surface area (Å²) in [5.74, 6) is 2.50. The number of pyridine rings is 1. The van der Waals surface area contributed by atoms with Crippen molar-refractivity contribution in [1.29, 1.82) is 0 Å². The Morgan fingerprint density at radius 3 is 2.89 bits per heavy atom. The van der Waals surface area contributed by atoms with Crippen molar-refractivity contribution in [3.05, 3.63) is 30.3 Å². The van der Waals surface area contributed by atoms with Crippen molar-refractivity contribution in [2.75, 3.05) is 25.0 Å². The van der Waals surface area contributed by atoms with Gasteiger partial charge in [-0.3, -0.25) is 0 Å². The third-order valence-electron chi connectivity index (χ3n) is 2.73. The lowest BCUT2D eigenvalue weighted by Crippen LogP contribution is -1.99. The van der Waals surface area contributed by atoms with E-state index in [9.17, 15) is 0 Å². The molecule has 6 nitrogen and oxygen atoms in total. The van der Waals surface area contributed by atoms with Crippen molar-refractivity contribution in [1.82, 2.24) is 4.98 Å². The van der Waals surface area contributed by atoms with Crippen LogP contribution in [0.2, 0.25) is 0 Å². The SMILES string of the molecule is COc1nc(Nc2ccc3c(c2)OCO3)ccc1N. The molecule has 19 heavy (non-hydrogen) atoms. The number of rotatable bonds is 3. The topological polar surface area (TPSA) is 78.6 Å². The highest BCUT2D eigenvalue weighted by Gasteiger charge is 2.13. The summed E-state index contributed by atoms with van der Waals surface area (Å²) in [5, 5.41) is 3.15. The van der Waals surface area contributed by atoms with Crippen LogP contribution in [0.5, 0.6) is 17.4 Å². The highest BCUT2D eigenvalue weighted by atomic mass is 16.7. The Kier molecular flexibility index (Phi) is 2.75. The Balaban J connectivity index is 1.85. The Bertz CT molecular complexity index is 607. The second-order valence-electron chi connectivity index (χ2n) is 3.99. The summed E-state index contributed by atoms with van der Waals surface area (Å²) in [6.07, 6.45) is 0. The number of ether oxygens (including phenoxy) is 3. The largest absolute Gasteiger partial charge is 0.479 e. The summed E-state index contributed by atoms with van der Waals surface area (Å²) in [6, 6.07) is 9.10. The molecule has 0 saturated heterocycles. The van der Waals surface area contributed by atoms with Crippen LogP contribution in [0.25, 0.3) is 0 Å². The molecule has 0 atom stereocenters. The molecule has 0 spiro atoms. The van der Waals surface area contributed by atoms with Crippen molar-refractivity contribution < 1.29 is 14.2 Å². The lowest BCUT2D eigenvalue weighted by molar-refractivity contribution is 0.174. The molecule has 6 heteroatoms. The smallest absolute Gasteiger partial charge is 0.238 e. The number of nitrogens with one attached hydrogen (secondary N) is 1. The first-order valence-electron chi connectivity index (χ1n) is 5.73. The predicted molar refractivity (Wildman–Crippen MR) is 71.0 cm³/mol. The third kappa shape index (κ3) is 2.20. The number of nitrogens with two attached hydrogens (primary N) is 1. The Labute approximate surface area is 110 Å². The van der Waals surface area contributed by atoms with Gasteiger partial charge in [-0.1, -0.05) is 0 Å². The molecule has 3 N–H and O–H groups in total. The molecule has 1 aliphatic heterocycles. The van der Waals surface area contributed by atoms with Gasteiger partial charge in [0.25, 0.3) is 0 Å². The minimum atomic E-state index is 0.257. The lowest BCUT2D eigenvalue weighted by Gasteiger charge is -2.09. The molecular formula is C13H13N3O3. The van der Waals surface area contributed by atoms with Crippen LogP contribution < -0.4 is 25.3 Å². The van der Waals surface area contributed by atoms with Gasteiger partial charge >= 0.3 is 0 Å². The van der Waals surface area contributed by atoms with Gasteiger partial charge in [-0.25, -0.2) is 0 Å². The van der Waals surface area contributed by atoms with Gasteiger partial charge in [0, 0.05) is 11.8 Å². The van der Waals surface area contributed by atoms with Crippen LogP contribution in [0, 0.1) is 0 Å². The monoisotopic (exact) mass is 259 g/mol. The van der Waals surface area contributed by atoms with Crippen molar-refractivity contribution >= 4 is 17.2 Å². The fourth-order valence-corrected chi connectivity index (χ4v) is 1.81. The fraction of sp³-hybridized carbons (Fsp3) is 0.154. The molecule has 1 aromatic heterocycles. The molecule has 98 valence electrons. The maximum absolute atomic E-state index is 5.72. The number of nitrogen functional groups attached to an aromatic ring is 1. The van der Waals surface area contributed by atoms with Gasteiger partial charge in [-0.15, -0.1) is 0 Å². The van der Waals surface area contributed by atoms with Gasteiger partial charge in [-0.05, 0) is 24.3 Å². The number of fused-ring (bicyclic) bond motifs is 1. The number of hydrogen-bond acceptors (Lipinski definition) is 6. The molecule has 0 bridgehead atoms. The van der Waals surface area contributed by atoms with Crippen LogP contribution in [0.4, 0.5) is 17.2 Å². The normalized spacial score (nSPS) is 12.3. The standard InChI is InChI=1S/C13H13N3O3/c1-17-13-9(14)3-5-12(16-13)15-8-2-4-10-11(6-8)19-7-18-10/h2-6H,7,14H2,1H3,(H,15,16). The first kappa shape index (κ1) is 11.5. The summed E-state index contributed by atoms with van der Waals surface area (Å²) < 4.78 is 15.6. The molecule has 3 rings (SSSR count). The van der Waals surface area contributed by atoms with Crippen LogP contribution in [-0.4, -0.2) is 18.9 Å². The van der Waals surface area contributed by atoms with Gasteiger partial charge in [0.1, 0.15) is 5.82 Å². The van der Waals surface area contributed by atoms with Crippen LogP contribution >= 0.6 is 0 Å². The van der Waals surface area contributed by atoms with Crippen molar-refractivity contribution in [2.45, 2.75) is 0 Å². The van der Waals surface area contributed by atoms with E-state index >= 15 is 0 Å². The number of benzene rings is 1. The molecule has 1 aromatic carbocycles. The molecule has 0 unspecified atom stereocenters. The maximum Gasteiger partial charge on any atom is 0.238 e. The van der Waals surface area contributed by atoms with Gasteiger partial charge in [-0.2, -0.15) is 4.98 Å². The number of methoxy groups -OCH3 is 1. The van der Waals surface area contributed by atoms with E-state index < -0.39 is 0 Å². The Morgan fingerprint density at radius 1 is 1.21 bits per heavy atom. The average Bonchev–Trinajstić information content (AvgIpc) is 2.88. The second-order valence-corrected chi connectivity index (χ2v) is 3.99. The van der Waals surface area contributed by atoms with E-state index in [1.807, 2.05) is 18.2 Å². The summed E-state index contributed by atoms with van der Waals surface area (Å²) in [7, 11) is 1.53. The van der Waals surface area contributed by atoms with Gasteiger partial charge in [0.05, 0.1) is 12.8 Å². The minimum absolute atomic E-state index is 0.257. The molecule has 2 heterocycles. The summed E-state index contributed by atoms with van der Waals surface area (Å²) in [6.45, 7) is 0.257. The molecule has 1 aliphatic rings. The number of nitrogens with zero attached hydrogens (tertiary/aromatic N) is 1. The third-order valence-corrected chi connectivity index (χ3v) is 2.73. The zero-order valence-corrected chi connectivity index (χ0v) is 10.3. The molecule has 0 amide bonds. The fourth-order valence-electron chi connectivity index (χ4n) is 1.81. The van der Waals surface area contributed by atoms with Crippen molar-refractivity contribution in [3.8, 4) is 17.4 Å². The maximum atomic E-state index is 5.72. The number of aromatic nitrogens is 1. The molecule has 0 saturated carbocycles. The van der Waals surface area contributed by atoms with Gasteiger partial charge < -0.3 is 25.3 Å². The first-order valence-corrected chi connectivity index (χ1v) is 5.73. The predicted octanol–water partition coefficient (Wildman–Crippen LogP) is 2.14. The summed E-state index contributed by atoms with van der Waals surface area (Å²) in [4.78, 5) is 4.25. The van der Waals surface area contributed by atoms with E-state index in [0.29, 0.717) is 23.1 Å². The van der Waals surface area contributed by atoms with E-state index in [1.165, 1.54) is 7.11 Å². The van der Waals surface area contributed by atoms with Gasteiger partial charge in [0.15, 0.2) is 11.5 Å². The molecular weight excluding hydrogens is 246 g/mol. The second kappa shape index (κ2) is 4.56. The Hall–Kier alpha value is -2.63. The first-order chi connectivity index (χ1) is 9.26. The van der Waals surface area contributed by atoms with E-state index in [-0.39, 0.29) is 6.79 Å². The van der Waals surface area contributed by atoms with Crippen molar-refractivity contribution in [3.63, 3.8) is 0 Å². The number of anilines is 3. The van der Waals surface area contributed by atoms with Crippen LogP contribution in [0.3, 0.4) is 0 Å². The minimum Gasteiger partial charge on any atom is -0.479 e. The average molecular weight is 259 g/mol. The van der Waals surface area contributed by atoms with Crippen LogP contribution in [0.15, 0.2) is 30.3 Å². The molecule has 0 radical (unpaired) electrons. The van der Waals surface area contributed by atoms with Crippen molar-refractivity contribution in [2.24, 2.45) is 0 Å². The van der Waals surface area contributed by atoms with E-state index in [2.05, 4.69) is 10.3 Å². The quantitative estimate of drug-likeness (QED) is 0.879. The van der Waals surface area contributed by atoms with Crippen LogP contribution in [0.1, 0.15) is 0 Å². The van der Waals surface area contributed by atoms with Crippen LogP contribution in [-0.2, 0) is 0 Å². The molecule has 0 fully saturated rings. The molecule has 2 aromatic rings. The molecule has 0 aliphatic carbocycles.